The van der Waals surface area contributed by atoms with Crippen LogP contribution in [0.15, 0.2) is 137 Å². The number of fused-ring (bicyclic) bond motifs is 1. The average molecular weight is 1200 g/mol. The smallest absolute Gasteiger partial charge is 0.427 e. The van der Waals surface area contributed by atoms with Gasteiger partial charge in [0.25, 0.3) is 0 Å². The second-order valence-corrected chi connectivity index (χ2v) is 20.2. The third-order valence-electron chi connectivity index (χ3n) is 14.1. The molecule has 0 saturated heterocycles. The molecule has 10 rings (SSSR count). The van der Waals surface area contributed by atoms with Crippen molar-refractivity contribution >= 4 is 137 Å². The maximum Gasteiger partial charge on any atom is 0.488 e. The predicted molar refractivity (Wildman–Crippen MR) is 332 cm³/mol. The first-order chi connectivity index (χ1) is 41.3. The summed E-state index contributed by atoms with van der Waals surface area (Å²) >= 11 is 0.953. The second kappa shape index (κ2) is 32.4. The monoisotopic (exact) mass is 1200 g/mol. The van der Waals surface area contributed by atoms with E-state index in [9.17, 15) is 40.2 Å². The Labute approximate surface area is 503 Å². The lowest BCUT2D eigenvalue weighted by Gasteiger charge is -2.26. The molecular formula is C48H54B10N8O20S. The standard InChI is InChI=1S/C16H14B2O4.C12H12B2O4.C8H10B2N6O4.C6H10B2N2O4S.C6H8B2O4/c19-17(20)13-5-9-1-2-10-6-14(18(21)22)8-12-4-3-11(7-13)15(9)16(10)12;15-13(16)11-5-1-9(2-6-11)10-3-7-12(8-4-10)14(17)18;11-15-13-3-5-1-7(9(17)18)6(4-14-16-12)2-8(5)10(19)20;11-7(12)3-1-2-4(8(13)14)6-5(3)9-15-10-6;9-7(10)5-1-2-6(4-3-5)8(11)12/h1-3,6-8,19-22H,4-5H2;1-8,15-18H;1-2,17-20H,3-4H2;3-4,11-14H,1-2H2;1-4,9-12H. The van der Waals surface area contributed by atoms with Crippen LogP contribution in [0.25, 0.3) is 48.4 Å². The van der Waals surface area contributed by atoms with Gasteiger partial charge in [-0.3, -0.25) is 0 Å². The van der Waals surface area contributed by atoms with Crippen molar-refractivity contribution in [3.8, 4) is 11.1 Å². The van der Waals surface area contributed by atoms with Gasteiger partial charge in [-0.1, -0.05) is 132 Å². The first-order valence-electron chi connectivity index (χ1n) is 26.3. The van der Waals surface area contributed by atoms with E-state index in [0.717, 1.165) is 55.9 Å². The molecule has 3 aliphatic carbocycles. The summed E-state index contributed by atoms with van der Waals surface area (Å²) in [5.74, 6) is -0.928. The first-order valence-corrected chi connectivity index (χ1v) is 27.0. The van der Waals surface area contributed by atoms with Crippen LogP contribution in [0.3, 0.4) is 0 Å². The summed E-state index contributed by atoms with van der Waals surface area (Å²) in [6, 6.07) is 29.4. The number of benzene rings is 6. The fourth-order valence-electron chi connectivity index (χ4n) is 9.66. The van der Waals surface area contributed by atoms with Crippen molar-refractivity contribution in [3.63, 3.8) is 0 Å². The summed E-state index contributed by atoms with van der Waals surface area (Å²) in [4.78, 5) is 5.10. The first kappa shape index (κ1) is 69.2. The lowest BCUT2D eigenvalue weighted by atomic mass is 9.57. The van der Waals surface area contributed by atoms with Gasteiger partial charge in [0.05, 0.1) is 36.2 Å². The highest BCUT2D eigenvalue weighted by atomic mass is 32.1. The Kier molecular flexibility index (Phi) is 25.7. The molecule has 0 bridgehead atoms. The third kappa shape index (κ3) is 18.3. The van der Waals surface area contributed by atoms with Gasteiger partial charge >= 0.3 is 71.2 Å². The average Bonchev–Trinajstić information content (AvgIpc) is 1.57. The molecule has 2 unspecified atom stereocenters. The SMILES string of the molecule is OB(O)C1=CC2=CCc3cc(B(O)O)cc4ccc(c2c34)C1.OB(O)C1CCC(B(O)O)c2nsnc21.OB(O)c1ccc(-c2ccc(B(O)O)cc2)cc1.OB(O)c1ccc(B(O)O)cc1.[N-]=[N+]=NCc1cc(B(O)O)c(CN=[N+]=[N-])cc1B(O)O. The summed E-state index contributed by atoms with van der Waals surface area (Å²) in [5.41, 5.74) is 26.8. The molecule has 39 heteroatoms. The molecule has 1 heterocycles. The highest BCUT2D eigenvalue weighted by molar-refractivity contribution is 6.99. The number of rotatable bonds is 15. The number of aromatic nitrogens is 2. The van der Waals surface area contributed by atoms with E-state index >= 15 is 0 Å². The van der Waals surface area contributed by atoms with Gasteiger partial charge in [-0.2, -0.15) is 8.75 Å². The fraction of sp³-hybridized carbons (Fsp3) is 0.167. The second-order valence-electron chi connectivity index (χ2n) is 19.7. The number of allylic oxidation sites excluding steroid dienone is 4. The predicted octanol–water partition coefficient (Wildman–Crippen LogP) is -7.10. The Balaban J connectivity index is 0.000000176. The van der Waals surface area contributed by atoms with E-state index in [4.69, 9.17) is 71.4 Å². The quantitative estimate of drug-likeness (QED) is 0.0196. The van der Waals surface area contributed by atoms with Crippen LogP contribution >= 0.6 is 11.7 Å². The molecule has 20 N–H and O–H groups in total. The minimum absolute atomic E-state index is 0.0324. The molecule has 3 aliphatic rings. The lowest BCUT2D eigenvalue weighted by Crippen LogP contribution is -2.40. The maximum absolute atomic E-state index is 9.45. The maximum atomic E-state index is 9.45. The normalized spacial score (nSPS) is 13.8. The highest BCUT2D eigenvalue weighted by Crippen LogP contribution is 2.41. The molecule has 2 atom stereocenters. The Bertz CT molecular complexity index is 3440. The summed E-state index contributed by atoms with van der Waals surface area (Å²) in [6.45, 7) is -0.379. The Morgan fingerprint density at radius 2 is 0.862 bits per heavy atom. The zero-order valence-electron chi connectivity index (χ0n) is 45.6. The van der Waals surface area contributed by atoms with E-state index in [2.05, 4.69) is 34.9 Å². The van der Waals surface area contributed by atoms with Gasteiger partial charge in [-0.15, -0.1) is 0 Å². The Morgan fingerprint density at radius 3 is 1.22 bits per heavy atom. The highest BCUT2D eigenvalue weighted by Gasteiger charge is 2.41. The van der Waals surface area contributed by atoms with Crippen molar-refractivity contribution in [2.45, 2.75) is 50.4 Å². The van der Waals surface area contributed by atoms with Gasteiger partial charge < -0.3 is 100 Å². The van der Waals surface area contributed by atoms with Crippen LogP contribution in [0.4, 0.5) is 0 Å². The van der Waals surface area contributed by atoms with Crippen LogP contribution in [0.5, 0.6) is 0 Å². The molecular weight excluding hydrogens is 1150 g/mol. The van der Waals surface area contributed by atoms with E-state index in [1.807, 2.05) is 24.3 Å². The van der Waals surface area contributed by atoms with Gasteiger partial charge in [0.2, 0.25) is 0 Å². The number of nitrogens with zero attached hydrogens (tertiary/aromatic N) is 8. The topological polar surface area (TPSA) is 528 Å². The van der Waals surface area contributed by atoms with Crippen LogP contribution < -0.4 is 38.2 Å². The van der Waals surface area contributed by atoms with Crippen molar-refractivity contribution < 1.29 is 100 Å². The van der Waals surface area contributed by atoms with Crippen molar-refractivity contribution in [1.29, 1.82) is 0 Å². The summed E-state index contributed by atoms with van der Waals surface area (Å²) in [5, 5.41) is 191. The molecule has 28 nitrogen and oxygen atoms in total. The van der Waals surface area contributed by atoms with Gasteiger partial charge in [-0.25, -0.2) is 0 Å². The Morgan fingerprint density at radius 1 is 0.460 bits per heavy atom. The van der Waals surface area contributed by atoms with Gasteiger partial charge in [-0.05, 0) is 136 Å². The van der Waals surface area contributed by atoms with Crippen molar-refractivity contribution in [3.05, 3.63) is 187 Å². The number of hydrogen-bond acceptors (Lipinski definition) is 25. The third-order valence-corrected chi connectivity index (χ3v) is 14.7. The molecule has 0 aliphatic heterocycles. The van der Waals surface area contributed by atoms with Crippen LogP contribution in [-0.4, -0.2) is 180 Å². The van der Waals surface area contributed by atoms with Gasteiger partial charge in [0.1, 0.15) is 0 Å². The fourth-order valence-corrected chi connectivity index (χ4v) is 10.3. The van der Waals surface area contributed by atoms with Gasteiger partial charge in [0, 0.05) is 21.5 Å². The van der Waals surface area contributed by atoms with Crippen LogP contribution in [0, 0.1) is 0 Å². The minimum atomic E-state index is -1.84. The molecule has 0 fully saturated rings. The van der Waals surface area contributed by atoms with E-state index < -0.39 is 82.8 Å². The molecule has 0 spiro atoms. The summed E-state index contributed by atoms with van der Waals surface area (Å²) < 4.78 is 7.96. The van der Waals surface area contributed by atoms with Crippen molar-refractivity contribution in [1.82, 2.24) is 8.75 Å². The molecule has 1 aromatic heterocycles. The zero-order chi connectivity index (χ0) is 63.8. The van der Waals surface area contributed by atoms with Crippen molar-refractivity contribution in [2.75, 3.05) is 0 Å². The molecule has 0 radical (unpaired) electrons. The number of azide groups is 2. The molecule has 442 valence electrons. The zero-order valence-corrected chi connectivity index (χ0v) is 46.5. The lowest BCUT2D eigenvalue weighted by molar-refractivity contribution is 0.352. The van der Waals surface area contributed by atoms with Crippen LogP contribution in [0.1, 0.15) is 63.7 Å². The molecule has 6 aromatic carbocycles. The Hall–Kier alpha value is -6.91. The van der Waals surface area contributed by atoms with Crippen LogP contribution in [-0.2, 0) is 25.9 Å². The van der Waals surface area contributed by atoms with E-state index in [1.165, 1.54) is 36.4 Å². The molecule has 0 amide bonds. The summed E-state index contributed by atoms with van der Waals surface area (Å²) in [7, 11) is -15.5. The molecule has 0 saturated carbocycles. The largest absolute Gasteiger partial charge is 0.488 e. The van der Waals surface area contributed by atoms with E-state index in [-0.39, 0.29) is 35.1 Å². The van der Waals surface area contributed by atoms with Crippen molar-refractivity contribution in [2.24, 2.45) is 10.2 Å². The molecule has 7 aromatic rings. The molecule has 87 heavy (non-hydrogen) atoms. The van der Waals surface area contributed by atoms with Crippen LogP contribution in [0.2, 0.25) is 0 Å². The van der Waals surface area contributed by atoms with E-state index in [0.29, 0.717) is 69.9 Å². The minimum Gasteiger partial charge on any atom is -0.427 e. The number of hydrogen-bond donors (Lipinski definition) is 20. The summed E-state index contributed by atoms with van der Waals surface area (Å²) in [6.07, 6.45) is 6.05. The van der Waals surface area contributed by atoms with Gasteiger partial charge in [0.15, 0.2) is 0 Å². The van der Waals surface area contributed by atoms with E-state index in [1.54, 1.807) is 54.6 Å².